The molecule has 3 heterocycles. The van der Waals surface area contributed by atoms with Crippen LogP contribution in [0.5, 0.6) is 0 Å². The van der Waals surface area contributed by atoms with Gasteiger partial charge >= 0.3 is 0 Å². The Morgan fingerprint density at radius 2 is 1.86 bits per heavy atom. The lowest BCUT2D eigenvalue weighted by Crippen LogP contribution is -2.57. The van der Waals surface area contributed by atoms with Crippen LogP contribution in [0, 0.1) is 0 Å². The van der Waals surface area contributed by atoms with E-state index in [1.807, 2.05) is 73.8 Å². The second-order valence-corrected chi connectivity index (χ2v) is 9.09. The summed E-state index contributed by atoms with van der Waals surface area (Å²) in [7, 11) is 0. The number of aromatic nitrogens is 2. The molecule has 4 atom stereocenters. The Balaban J connectivity index is 1.28. The van der Waals surface area contributed by atoms with Crippen LogP contribution in [0.3, 0.4) is 0 Å². The maximum atomic E-state index is 13.4. The van der Waals surface area contributed by atoms with Crippen LogP contribution in [0.15, 0.2) is 73.1 Å². The number of amides is 2. The van der Waals surface area contributed by atoms with Gasteiger partial charge in [0, 0.05) is 25.5 Å². The number of ether oxygens (including phenoxy) is 1. The topological polar surface area (TPSA) is 87.9 Å². The molecule has 0 bridgehead atoms. The van der Waals surface area contributed by atoms with Crippen molar-refractivity contribution in [2.24, 2.45) is 0 Å². The van der Waals surface area contributed by atoms with Crippen molar-refractivity contribution in [3.05, 3.63) is 84.2 Å². The molecule has 8 nitrogen and oxygen atoms in total. The number of rotatable bonds is 6. The lowest BCUT2D eigenvalue weighted by molar-refractivity contribution is -0.174. The van der Waals surface area contributed by atoms with Crippen molar-refractivity contribution in [3.63, 3.8) is 0 Å². The molecule has 182 valence electrons. The second-order valence-electron chi connectivity index (χ2n) is 9.09. The van der Waals surface area contributed by atoms with Gasteiger partial charge in [-0.3, -0.25) is 9.59 Å². The van der Waals surface area contributed by atoms with E-state index < -0.39 is 18.1 Å². The number of aliphatic hydroxyl groups excluding tert-OH is 1. The van der Waals surface area contributed by atoms with Gasteiger partial charge in [-0.15, -0.1) is 0 Å². The highest BCUT2D eigenvalue weighted by molar-refractivity contribution is 5.91. The van der Waals surface area contributed by atoms with E-state index in [1.165, 1.54) is 0 Å². The molecule has 2 amide bonds. The molecule has 2 fully saturated rings. The van der Waals surface area contributed by atoms with E-state index in [9.17, 15) is 14.7 Å². The van der Waals surface area contributed by atoms with Gasteiger partial charge in [-0.25, -0.2) is 4.68 Å². The van der Waals surface area contributed by atoms with Gasteiger partial charge in [-0.1, -0.05) is 42.5 Å². The van der Waals surface area contributed by atoms with E-state index in [-0.39, 0.29) is 24.6 Å². The lowest BCUT2D eigenvalue weighted by Gasteiger charge is -2.39. The monoisotopic (exact) mass is 474 g/mol. The molecule has 3 aromatic rings. The SMILES string of the molecule is C[C@H](c1ccc(-n2cccn2)cc1)N1CCO[C@H]([C@@H](O)C(=O)N2CCCC2c2ccccc2)C1=O. The fraction of sp³-hybridized carbons (Fsp3) is 0.370. The van der Waals surface area contributed by atoms with Crippen LogP contribution >= 0.6 is 0 Å². The highest BCUT2D eigenvalue weighted by Gasteiger charge is 2.43. The Hall–Kier alpha value is -3.49. The predicted molar refractivity (Wildman–Crippen MR) is 130 cm³/mol. The second kappa shape index (κ2) is 10.0. The summed E-state index contributed by atoms with van der Waals surface area (Å²) in [6.07, 6.45) is 2.53. The van der Waals surface area contributed by atoms with Crippen LogP contribution in [0.2, 0.25) is 0 Å². The highest BCUT2D eigenvalue weighted by atomic mass is 16.5. The van der Waals surface area contributed by atoms with E-state index >= 15 is 0 Å². The zero-order valence-electron chi connectivity index (χ0n) is 19.7. The normalized spacial score (nSPS) is 22.3. The van der Waals surface area contributed by atoms with Crippen molar-refractivity contribution in [2.45, 2.75) is 44.1 Å². The molecule has 0 aliphatic carbocycles. The van der Waals surface area contributed by atoms with Crippen molar-refractivity contribution in [2.75, 3.05) is 19.7 Å². The quantitative estimate of drug-likeness (QED) is 0.594. The van der Waals surface area contributed by atoms with E-state index in [0.717, 1.165) is 29.7 Å². The Kier molecular flexibility index (Phi) is 6.66. The molecule has 5 rings (SSSR count). The zero-order chi connectivity index (χ0) is 24.4. The largest absolute Gasteiger partial charge is 0.380 e. The fourth-order valence-corrected chi connectivity index (χ4v) is 5.09. The molecular formula is C27H30N4O4. The molecule has 0 spiro atoms. The Bertz CT molecular complexity index is 1150. The number of hydrogen-bond acceptors (Lipinski definition) is 5. The third kappa shape index (κ3) is 4.59. The molecule has 0 saturated carbocycles. The number of morpholine rings is 1. The molecule has 2 aromatic carbocycles. The first-order valence-corrected chi connectivity index (χ1v) is 12.1. The summed E-state index contributed by atoms with van der Waals surface area (Å²) < 4.78 is 7.43. The zero-order valence-corrected chi connectivity index (χ0v) is 19.7. The molecule has 1 N–H and O–H groups in total. The standard InChI is InChI=1S/C27H30N4O4/c1-19(20-10-12-22(13-11-20)31-16-6-14-28-31)29-17-18-35-25(27(29)34)24(32)26(33)30-15-5-9-23(30)21-7-3-2-4-8-21/h2-4,6-8,10-14,16,19,23-25,32H,5,9,15,17-18H2,1H3/t19-,23?,24-,25-/m1/s1. The first-order chi connectivity index (χ1) is 17.0. The van der Waals surface area contributed by atoms with Crippen LogP contribution in [0.1, 0.15) is 43.0 Å². The minimum atomic E-state index is -1.54. The maximum Gasteiger partial charge on any atom is 0.255 e. The molecule has 8 heteroatoms. The molecule has 1 unspecified atom stereocenters. The van der Waals surface area contributed by atoms with Gasteiger partial charge in [0.2, 0.25) is 0 Å². The molecule has 2 saturated heterocycles. The number of nitrogens with zero attached hydrogens (tertiary/aromatic N) is 4. The number of hydrogen-bond donors (Lipinski definition) is 1. The van der Waals surface area contributed by atoms with Crippen molar-refractivity contribution in [3.8, 4) is 5.69 Å². The van der Waals surface area contributed by atoms with Crippen molar-refractivity contribution in [1.82, 2.24) is 19.6 Å². The smallest absolute Gasteiger partial charge is 0.255 e. The lowest BCUT2D eigenvalue weighted by atomic mass is 10.0. The summed E-state index contributed by atoms with van der Waals surface area (Å²) in [6.45, 7) is 3.16. The highest BCUT2D eigenvalue weighted by Crippen LogP contribution is 2.33. The van der Waals surface area contributed by atoms with Crippen molar-refractivity contribution in [1.29, 1.82) is 0 Å². The van der Waals surface area contributed by atoms with Gasteiger partial charge in [0.1, 0.15) is 0 Å². The van der Waals surface area contributed by atoms with E-state index in [2.05, 4.69) is 5.10 Å². The van der Waals surface area contributed by atoms with Crippen molar-refractivity contribution < 1.29 is 19.4 Å². The van der Waals surface area contributed by atoms with Crippen molar-refractivity contribution >= 4 is 11.8 Å². The van der Waals surface area contributed by atoms with Gasteiger partial charge in [-0.05, 0) is 49.1 Å². The summed E-state index contributed by atoms with van der Waals surface area (Å²) in [5.74, 6) is -0.816. The summed E-state index contributed by atoms with van der Waals surface area (Å²) >= 11 is 0. The number of carbonyl (C=O) groups is 2. The Morgan fingerprint density at radius 1 is 1.09 bits per heavy atom. The number of carbonyl (C=O) groups excluding carboxylic acids is 2. The van der Waals surface area contributed by atoms with Crippen LogP contribution in [-0.4, -0.2) is 68.4 Å². The third-order valence-corrected chi connectivity index (χ3v) is 7.03. The molecule has 0 radical (unpaired) electrons. The minimum absolute atomic E-state index is 0.0969. The van der Waals surface area contributed by atoms with Crippen LogP contribution < -0.4 is 0 Å². The van der Waals surface area contributed by atoms with Gasteiger partial charge in [0.05, 0.1) is 24.4 Å². The average molecular weight is 475 g/mol. The van der Waals surface area contributed by atoms with E-state index in [1.54, 1.807) is 20.7 Å². The first kappa shape index (κ1) is 23.3. The summed E-state index contributed by atoms with van der Waals surface area (Å²) in [4.78, 5) is 30.0. The first-order valence-electron chi connectivity index (χ1n) is 12.1. The molecule has 35 heavy (non-hydrogen) atoms. The average Bonchev–Trinajstić information content (AvgIpc) is 3.61. The van der Waals surface area contributed by atoms with Crippen LogP contribution in [0.4, 0.5) is 0 Å². The third-order valence-electron chi connectivity index (χ3n) is 7.03. The van der Waals surface area contributed by atoms with Gasteiger partial charge in [-0.2, -0.15) is 5.10 Å². The number of aliphatic hydroxyl groups is 1. The van der Waals surface area contributed by atoms with Gasteiger partial charge in [0.25, 0.3) is 11.8 Å². The molecule has 2 aliphatic heterocycles. The molecule has 1 aromatic heterocycles. The fourth-order valence-electron chi connectivity index (χ4n) is 5.09. The summed E-state index contributed by atoms with van der Waals surface area (Å²) in [5, 5.41) is 15.2. The Labute approximate surface area is 204 Å². The van der Waals surface area contributed by atoms with E-state index in [4.69, 9.17) is 4.74 Å². The van der Waals surface area contributed by atoms with Crippen LogP contribution in [-0.2, 0) is 14.3 Å². The number of benzene rings is 2. The molecule has 2 aliphatic rings. The summed E-state index contributed by atoms with van der Waals surface area (Å²) in [5.41, 5.74) is 2.92. The summed E-state index contributed by atoms with van der Waals surface area (Å²) in [6, 6.07) is 19.2. The molecular weight excluding hydrogens is 444 g/mol. The predicted octanol–water partition coefficient (Wildman–Crippen LogP) is 2.89. The maximum absolute atomic E-state index is 13.4. The van der Waals surface area contributed by atoms with Gasteiger partial charge < -0.3 is 19.6 Å². The number of likely N-dealkylation sites (tertiary alicyclic amines) is 1. The minimum Gasteiger partial charge on any atom is -0.380 e. The van der Waals surface area contributed by atoms with Crippen LogP contribution in [0.25, 0.3) is 5.69 Å². The van der Waals surface area contributed by atoms with Gasteiger partial charge in [0.15, 0.2) is 12.2 Å². The van der Waals surface area contributed by atoms with E-state index in [0.29, 0.717) is 13.1 Å². The Morgan fingerprint density at radius 3 is 2.57 bits per heavy atom.